The molecule has 0 fully saturated rings. The van der Waals surface area contributed by atoms with E-state index in [4.69, 9.17) is 105 Å². The number of carboxylic acids is 1. The Morgan fingerprint density at radius 2 is 0.397 bits per heavy atom. The lowest BCUT2D eigenvalue weighted by Gasteiger charge is -2.09. The van der Waals surface area contributed by atoms with Crippen LogP contribution in [0.5, 0.6) is 0 Å². The van der Waals surface area contributed by atoms with Gasteiger partial charge < -0.3 is 99.8 Å². The van der Waals surface area contributed by atoms with Gasteiger partial charge in [-0.15, -0.1) is 0 Å². The fourth-order valence-corrected chi connectivity index (χ4v) is 4.59. The van der Waals surface area contributed by atoms with Crippen molar-refractivity contribution in [3.05, 3.63) is 10.4 Å². The van der Waals surface area contributed by atoms with Gasteiger partial charge in [-0.2, -0.15) is 0 Å². The van der Waals surface area contributed by atoms with Crippen LogP contribution >= 0.6 is 0 Å². The number of carboxylic acid groups (broad SMARTS) is 1. The van der Waals surface area contributed by atoms with Gasteiger partial charge in [0.1, 0.15) is 0 Å². The molecular weight excluding hydrogens is 910 g/mol. The molecule has 0 aliphatic heterocycles. The van der Waals surface area contributed by atoms with E-state index in [2.05, 4.69) is 10.0 Å². The lowest BCUT2D eigenvalue weighted by molar-refractivity contribution is -0.138. The van der Waals surface area contributed by atoms with Gasteiger partial charge in [-0.05, 0) is 5.53 Å². The van der Waals surface area contributed by atoms with Crippen molar-refractivity contribution in [1.29, 1.82) is 0 Å². The SMILES string of the molecule is [N-]=[N+]=NCCOCCOCCOCCOCCOCCOCCOCCOCCOCCOCCOCCOCCOCCOCCOCCOCCOCCOCCOCCOCCC(=O)O. The van der Waals surface area contributed by atoms with E-state index >= 15 is 0 Å². The van der Waals surface area contributed by atoms with Gasteiger partial charge in [0.15, 0.2) is 0 Å². The van der Waals surface area contributed by atoms with Crippen LogP contribution in [-0.4, -0.2) is 282 Å². The number of carbonyl (C=O) groups is 1. The molecule has 0 unspecified atom stereocenters. The van der Waals surface area contributed by atoms with Crippen molar-refractivity contribution in [3.63, 3.8) is 0 Å². The summed E-state index contributed by atoms with van der Waals surface area (Å²) in [5.74, 6) is -0.880. The zero-order valence-electron chi connectivity index (χ0n) is 40.6. The quantitative estimate of drug-likeness (QED) is 0.0387. The zero-order valence-corrected chi connectivity index (χ0v) is 40.6. The van der Waals surface area contributed by atoms with E-state index in [0.29, 0.717) is 264 Å². The average Bonchev–Trinajstić information content (AvgIpc) is 3.34. The first-order valence-electron chi connectivity index (χ1n) is 23.5. The maximum absolute atomic E-state index is 10.4. The van der Waals surface area contributed by atoms with E-state index in [1.54, 1.807) is 0 Å². The van der Waals surface area contributed by atoms with Crippen molar-refractivity contribution in [1.82, 2.24) is 0 Å². The largest absolute Gasteiger partial charge is 0.481 e. The average molecular weight is 996 g/mol. The molecule has 0 saturated heterocycles. The van der Waals surface area contributed by atoms with E-state index < -0.39 is 5.97 Å². The Bertz CT molecular complexity index is 951. The number of azide groups is 1. The van der Waals surface area contributed by atoms with Crippen LogP contribution in [0, 0.1) is 0 Å². The molecule has 0 rings (SSSR count). The van der Waals surface area contributed by atoms with Crippen LogP contribution in [-0.2, 0) is 99.5 Å². The first-order chi connectivity index (χ1) is 33.8. The molecule has 0 aliphatic rings. The predicted octanol–water partition coefficient (Wildman–Crippen LogP) is 1.10. The molecule has 0 bridgehead atoms. The molecule has 0 atom stereocenters. The third kappa shape index (κ3) is 64.0. The minimum atomic E-state index is -0.880. The molecule has 0 aliphatic carbocycles. The van der Waals surface area contributed by atoms with E-state index in [1.807, 2.05) is 0 Å². The Hall–Kier alpha value is -2.02. The summed E-state index contributed by atoms with van der Waals surface area (Å²) < 4.78 is 109. The summed E-state index contributed by atoms with van der Waals surface area (Å²) in [5, 5.41) is 11.9. The standard InChI is InChI=1S/C43H85N3O22/c44-46-45-2-4-50-6-8-52-10-12-54-14-16-56-18-20-58-22-24-60-26-28-62-30-32-64-34-36-66-38-40-68-42-41-67-39-37-65-35-33-63-31-29-61-27-25-59-23-21-57-19-17-55-15-13-53-11-9-51-7-5-49-3-1-43(47)48/h1-42H2,(H,47,48). The van der Waals surface area contributed by atoms with Gasteiger partial charge in [0.25, 0.3) is 0 Å². The Morgan fingerprint density at radius 3 is 0.529 bits per heavy atom. The third-order valence-corrected chi connectivity index (χ3v) is 7.93. The summed E-state index contributed by atoms with van der Waals surface area (Å²) >= 11 is 0. The number of aliphatic carboxylic acids is 1. The summed E-state index contributed by atoms with van der Waals surface area (Å²) in [6, 6.07) is 0. The van der Waals surface area contributed by atoms with Gasteiger partial charge in [-0.25, -0.2) is 0 Å². The molecule has 0 aromatic heterocycles. The Labute approximate surface area is 402 Å². The fraction of sp³-hybridized carbons (Fsp3) is 0.977. The predicted molar refractivity (Wildman–Crippen MR) is 243 cm³/mol. The highest BCUT2D eigenvalue weighted by molar-refractivity contribution is 5.66. The minimum absolute atomic E-state index is 0.00929. The van der Waals surface area contributed by atoms with Crippen molar-refractivity contribution < 1.29 is 105 Å². The van der Waals surface area contributed by atoms with Gasteiger partial charge in [0, 0.05) is 11.5 Å². The topological polar surface area (TPSA) is 271 Å². The van der Waals surface area contributed by atoms with Crippen molar-refractivity contribution in [2.24, 2.45) is 5.11 Å². The molecule has 0 aromatic rings. The molecule has 25 nitrogen and oxygen atoms in total. The first kappa shape index (κ1) is 66.0. The Kier molecular flexibility index (Phi) is 61.1. The van der Waals surface area contributed by atoms with Gasteiger partial charge in [-0.3, -0.25) is 4.79 Å². The van der Waals surface area contributed by atoms with E-state index in [-0.39, 0.29) is 13.0 Å². The van der Waals surface area contributed by atoms with E-state index in [9.17, 15) is 4.79 Å². The van der Waals surface area contributed by atoms with E-state index in [1.165, 1.54) is 0 Å². The maximum Gasteiger partial charge on any atom is 0.305 e. The molecular formula is C43H85N3O22. The number of nitrogens with zero attached hydrogens (tertiary/aromatic N) is 3. The smallest absolute Gasteiger partial charge is 0.305 e. The summed E-state index contributed by atoms with van der Waals surface area (Å²) in [4.78, 5) is 13.0. The third-order valence-electron chi connectivity index (χ3n) is 7.93. The maximum atomic E-state index is 10.4. The van der Waals surface area contributed by atoms with Crippen LogP contribution < -0.4 is 0 Å². The fourth-order valence-electron chi connectivity index (χ4n) is 4.59. The molecule has 404 valence electrons. The lowest BCUT2D eigenvalue weighted by Crippen LogP contribution is -2.16. The monoisotopic (exact) mass is 996 g/mol. The summed E-state index contributed by atoms with van der Waals surface area (Å²) in [5.41, 5.74) is 8.16. The Morgan fingerprint density at radius 1 is 0.265 bits per heavy atom. The second-order valence-electron chi connectivity index (χ2n) is 13.3. The molecule has 0 spiro atoms. The van der Waals surface area contributed by atoms with Crippen molar-refractivity contribution in [2.75, 3.05) is 271 Å². The minimum Gasteiger partial charge on any atom is -0.481 e. The number of hydrogen-bond donors (Lipinski definition) is 1. The molecule has 0 amide bonds. The highest BCUT2D eigenvalue weighted by Gasteiger charge is 2.00. The highest BCUT2D eigenvalue weighted by atomic mass is 16.6. The molecule has 0 radical (unpaired) electrons. The van der Waals surface area contributed by atoms with Crippen LogP contribution in [0.3, 0.4) is 0 Å². The van der Waals surface area contributed by atoms with Gasteiger partial charge in [0.05, 0.1) is 271 Å². The first-order valence-corrected chi connectivity index (χ1v) is 23.5. The molecule has 0 saturated carbocycles. The molecule has 25 heteroatoms. The van der Waals surface area contributed by atoms with Gasteiger partial charge in [0.2, 0.25) is 0 Å². The van der Waals surface area contributed by atoms with Crippen LogP contribution in [0.1, 0.15) is 6.42 Å². The molecule has 0 aromatic carbocycles. The summed E-state index contributed by atoms with van der Waals surface area (Å²) in [6.07, 6.45) is -0.00929. The van der Waals surface area contributed by atoms with Crippen LogP contribution in [0.25, 0.3) is 10.4 Å². The zero-order chi connectivity index (χ0) is 48.8. The van der Waals surface area contributed by atoms with Crippen LogP contribution in [0.2, 0.25) is 0 Å². The lowest BCUT2D eigenvalue weighted by atomic mass is 10.5. The van der Waals surface area contributed by atoms with Crippen LogP contribution in [0.15, 0.2) is 5.11 Å². The molecule has 68 heavy (non-hydrogen) atoms. The van der Waals surface area contributed by atoms with Crippen molar-refractivity contribution in [2.45, 2.75) is 6.42 Å². The Balaban J connectivity index is 3.07. The van der Waals surface area contributed by atoms with E-state index in [0.717, 1.165) is 0 Å². The second kappa shape index (κ2) is 63.0. The molecule has 0 heterocycles. The number of rotatable bonds is 63. The highest BCUT2D eigenvalue weighted by Crippen LogP contribution is 1.90. The van der Waals surface area contributed by atoms with Crippen molar-refractivity contribution >= 4 is 5.97 Å². The van der Waals surface area contributed by atoms with Crippen LogP contribution in [0.4, 0.5) is 0 Å². The molecule has 1 N–H and O–H groups in total. The van der Waals surface area contributed by atoms with Gasteiger partial charge in [-0.1, -0.05) is 5.11 Å². The number of hydrogen-bond acceptors (Lipinski definition) is 22. The van der Waals surface area contributed by atoms with Crippen molar-refractivity contribution in [3.8, 4) is 0 Å². The van der Waals surface area contributed by atoms with Gasteiger partial charge >= 0.3 is 5.97 Å². The normalized spacial score (nSPS) is 11.5. The summed E-state index contributed by atoms with van der Waals surface area (Å²) in [6.45, 7) is 18.8. The number of ether oxygens (including phenoxy) is 20. The second-order valence-corrected chi connectivity index (χ2v) is 13.3. The summed E-state index contributed by atoms with van der Waals surface area (Å²) in [7, 11) is 0.